The highest BCUT2D eigenvalue weighted by atomic mass is 32.2. The fourth-order valence-electron chi connectivity index (χ4n) is 2.44. The number of benzene rings is 2. The number of rotatable bonds is 9. The van der Waals surface area contributed by atoms with Gasteiger partial charge in [-0.05, 0) is 23.7 Å². The van der Waals surface area contributed by atoms with E-state index in [-0.39, 0.29) is 11.3 Å². The second-order valence-corrected chi connectivity index (χ2v) is 15.3. The molecule has 0 saturated carbocycles. The van der Waals surface area contributed by atoms with Crippen molar-refractivity contribution in [1.82, 2.24) is 4.72 Å². The van der Waals surface area contributed by atoms with Crippen LogP contribution in [0.25, 0.3) is 0 Å². The molecule has 0 fully saturated rings. The van der Waals surface area contributed by atoms with Crippen LogP contribution in [-0.2, 0) is 14.8 Å². The Morgan fingerprint density at radius 2 is 1.57 bits per heavy atom. The molecule has 0 aliphatic carbocycles. The SMILES string of the molecule is C=C(C(=O)Oc1ccccc1)[C@@H](NS(=O)(=O)CC[Si](C)(C)C)c1ccccc1. The molecule has 5 nitrogen and oxygen atoms in total. The molecule has 2 aromatic carbocycles. The summed E-state index contributed by atoms with van der Waals surface area (Å²) in [4.78, 5) is 12.6. The molecule has 0 saturated heterocycles. The summed E-state index contributed by atoms with van der Waals surface area (Å²) in [6.07, 6.45) is 0. The van der Waals surface area contributed by atoms with Crippen molar-refractivity contribution < 1.29 is 17.9 Å². The van der Waals surface area contributed by atoms with Crippen LogP contribution in [0.5, 0.6) is 5.75 Å². The molecule has 1 atom stereocenters. The smallest absolute Gasteiger partial charge is 0.340 e. The molecular weight excluding hydrogens is 390 g/mol. The standard InChI is InChI=1S/C21H27NO4SSi/c1-17(21(23)26-19-13-9-6-10-14-19)20(18-11-7-5-8-12-18)22-27(24,25)15-16-28(2,3)4/h5-14,20,22H,1,15-16H2,2-4H3/t20-/m1/s1. The van der Waals surface area contributed by atoms with E-state index in [1.807, 2.05) is 12.1 Å². The van der Waals surface area contributed by atoms with E-state index < -0.39 is 30.1 Å². The number of nitrogens with one attached hydrogen (secondary N) is 1. The van der Waals surface area contributed by atoms with Crippen molar-refractivity contribution in [3.8, 4) is 5.75 Å². The molecule has 2 aromatic rings. The third-order valence-corrected chi connectivity index (χ3v) is 7.56. The van der Waals surface area contributed by atoms with Crippen LogP contribution in [0.1, 0.15) is 11.6 Å². The highest BCUT2D eigenvalue weighted by Crippen LogP contribution is 2.24. The lowest BCUT2D eigenvalue weighted by Crippen LogP contribution is -2.36. The molecule has 0 amide bonds. The van der Waals surface area contributed by atoms with E-state index in [9.17, 15) is 13.2 Å². The van der Waals surface area contributed by atoms with Gasteiger partial charge in [0.1, 0.15) is 5.75 Å². The molecular formula is C21H27NO4SSi. The van der Waals surface area contributed by atoms with Crippen LogP contribution in [0.3, 0.4) is 0 Å². The summed E-state index contributed by atoms with van der Waals surface area (Å²) in [6.45, 7) is 10.2. The van der Waals surface area contributed by atoms with Gasteiger partial charge < -0.3 is 4.74 Å². The summed E-state index contributed by atoms with van der Waals surface area (Å²) in [7, 11) is -5.13. The Bertz CT molecular complexity index is 906. The predicted octanol–water partition coefficient (Wildman–Crippen LogP) is 4.15. The van der Waals surface area contributed by atoms with Gasteiger partial charge in [-0.2, -0.15) is 0 Å². The Labute approximate surface area is 168 Å². The molecule has 0 aliphatic heterocycles. The van der Waals surface area contributed by atoms with Crippen LogP contribution in [0.2, 0.25) is 25.7 Å². The zero-order valence-electron chi connectivity index (χ0n) is 16.5. The summed E-state index contributed by atoms with van der Waals surface area (Å²) < 4.78 is 33.3. The number of carbonyl (C=O) groups excluding carboxylic acids is 1. The molecule has 0 unspecified atom stereocenters. The van der Waals surface area contributed by atoms with E-state index in [1.165, 1.54) is 0 Å². The number of sulfonamides is 1. The van der Waals surface area contributed by atoms with Crippen molar-refractivity contribution in [1.29, 1.82) is 0 Å². The first-order chi connectivity index (χ1) is 13.1. The van der Waals surface area contributed by atoms with Gasteiger partial charge in [0.15, 0.2) is 0 Å². The first-order valence-electron chi connectivity index (χ1n) is 9.08. The van der Waals surface area contributed by atoms with Crippen LogP contribution in [-0.4, -0.2) is 28.2 Å². The molecule has 1 N–H and O–H groups in total. The monoisotopic (exact) mass is 417 g/mol. The lowest BCUT2D eigenvalue weighted by Gasteiger charge is -2.22. The molecule has 150 valence electrons. The maximum Gasteiger partial charge on any atom is 0.340 e. The highest BCUT2D eigenvalue weighted by Gasteiger charge is 2.28. The molecule has 0 aromatic heterocycles. The van der Waals surface area contributed by atoms with Crippen LogP contribution in [0.15, 0.2) is 72.8 Å². The highest BCUT2D eigenvalue weighted by molar-refractivity contribution is 7.89. The Hall–Kier alpha value is -2.22. The average Bonchev–Trinajstić information content (AvgIpc) is 2.65. The number of esters is 1. The van der Waals surface area contributed by atoms with E-state index in [1.54, 1.807) is 48.5 Å². The van der Waals surface area contributed by atoms with Crippen LogP contribution < -0.4 is 9.46 Å². The van der Waals surface area contributed by atoms with Crippen molar-refractivity contribution in [2.24, 2.45) is 0 Å². The minimum Gasteiger partial charge on any atom is -0.423 e. The topological polar surface area (TPSA) is 72.5 Å². The number of hydrogen-bond acceptors (Lipinski definition) is 4. The maximum absolute atomic E-state index is 12.7. The first kappa shape index (κ1) is 22.1. The molecule has 0 heterocycles. The largest absolute Gasteiger partial charge is 0.423 e. The molecule has 0 spiro atoms. The van der Waals surface area contributed by atoms with Gasteiger partial charge in [0, 0.05) is 8.07 Å². The van der Waals surface area contributed by atoms with E-state index in [0.717, 1.165) is 0 Å². The number of para-hydroxylation sites is 1. The Morgan fingerprint density at radius 3 is 2.11 bits per heavy atom. The lowest BCUT2D eigenvalue weighted by atomic mass is 10.0. The summed E-state index contributed by atoms with van der Waals surface area (Å²) in [5.74, 6) is -0.275. The van der Waals surface area contributed by atoms with Crippen molar-refractivity contribution in [3.63, 3.8) is 0 Å². The van der Waals surface area contributed by atoms with Gasteiger partial charge in [-0.3, -0.25) is 0 Å². The average molecular weight is 418 g/mol. The zero-order chi connectivity index (χ0) is 20.8. The molecule has 0 bridgehead atoms. The normalized spacial score (nSPS) is 13.0. The van der Waals surface area contributed by atoms with Gasteiger partial charge in [0.2, 0.25) is 10.0 Å². The van der Waals surface area contributed by atoms with Crippen LogP contribution in [0.4, 0.5) is 0 Å². The van der Waals surface area contributed by atoms with Crippen LogP contribution in [0, 0.1) is 0 Å². The summed E-state index contributed by atoms with van der Waals surface area (Å²) >= 11 is 0. The molecule has 7 heteroatoms. The van der Waals surface area contributed by atoms with Gasteiger partial charge in [-0.1, -0.05) is 74.8 Å². The van der Waals surface area contributed by atoms with Crippen molar-refractivity contribution in [2.75, 3.05) is 5.75 Å². The molecule has 0 aliphatic rings. The molecule has 28 heavy (non-hydrogen) atoms. The van der Waals surface area contributed by atoms with Crippen molar-refractivity contribution in [2.45, 2.75) is 31.7 Å². The van der Waals surface area contributed by atoms with E-state index in [0.29, 0.717) is 17.4 Å². The van der Waals surface area contributed by atoms with Crippen molar-refractivity contribution >= 4 is 24.1 Å². The minimum atomic E-state index is -3.60. The summed E-state index contributed by atoms with van der Waals surface area (Å²) in [5.41, 5.74) is 0.667. The minimum absolute atomic E-state index is 0.0209. The molecule has 2 rings (SSSR count). The molecule has 0 radical (unpaired) electrons. The van der Waals surface area contributed by atoms with Crippen molar-refractivity contribution in [3.05, 3.63) is 78.4 Å². The first-order valence-corrected chi connectivity index (χ1v) is 14.4. The summed E-state index contributed by atoms with van der Waals surface area (Å²) in [5, 5.41) is 0. The fraction of sp³-hybridized carbons (Fsp3) is 0.286. The fourth-order valence-corrected chi connectivity index (χ4v) is 6.72. The van der Waals surface area contributed by atoms with Gasteiger partial charge in [0.05, 0.1) is 17.4 Å². The second kappa shape index (κ2) is 9.32. The summed E-state index contributed by atoms with van der Waals surface area (Å²) in [6, 6.07) is 17.3. The van der Waals surface area contributed by atoms with Gasteiger partial charge in [-0.15, -0.1) is 0 Å². The third-order valence-electron chi connectivity index (χ3n) is 4.12. The number of carbonyl (C=O) groups is 1. The van der Waals surface area contributed by atoms with Gasteiger partial charge >= 0.3 is 5.97 Å². The second-order valence-electron chi connectivity index (χ2n) is 7.82. The predicted molar refractivity (Wildman–Crippen MR) is 115 cm³/mol. The Kier molecular flexibility index (Phi) is 7.34. The Morgan fingerprint density at radius 1 is 1.04 bits per heavy atom. The lowest BCUT2D eigenvalue weighted by molar-refractivity contribution is -0.130. The zero-order valence-corrected chi connectivity index (χ0v) is 18.3. The number of hydrogen-bond donors (Lipinski definition) is 1. The van der Waals surface area contributed by atoms with Crippen LogP contribution >= 0.6 is 0 Å². The Balaban J connectivity index is 2.22. The van der Waals surface area contributed by atoms with Gasteiger partial charge in [0.25, 0.3) is 0 Å². The van der Waals surface area contributed by atoms with E-state index in [2.05, 4.69) is 30.9 Å². The quantitative estimate of drug-likeness (QED) is 0.288. The van der Waals surface area contributed by atoms with E-state index >= 15 is 0 Å². The van der Waals surface area contributed by atoms with E-state index in [4.69, 9.17) is 4.74 Å². The number of ether oxygens (including phenoxy) is 1. The third kappa shape index (κ3) is 7.07. The maximum atomic E-state index is 12.7. The van der Waals surface area contributed by atoms with Gasteiger partial charge in [-0.25, -0.2) is 17.9 Å².